The standard InChI is InChI=1S/C17H20N2O5S/c1-19(7-10-5-3-2-4-6-10)17(23)11-9-25-16(18-11)15-14(22)13(21)12(8-20)24-15/h2-6,9,12-15,20-22H,7-8H2,1H3/t12-,13-,14-,15-/m1/s1. The normalized spacial score (nSPS) is 25.9. The van der Waals surface area contributed by atoms with Crippen LogP contribution in [0.5, 0.6) is 0 Å². The molecule has 0 saturated carbocycles. The molecule has 0 spiro atoms. The van der Waals surface area contributed by atoms with Gasteiger partial charge in [0.1, 0.15) is 35.1 Å². The monoisotopic (exact) mass is 364 g/mol. The summed E-state index contributed by atoms with van der Waals surface area (Å²) in [7, 11) is 1.70. The number of carbonyl (C=O) groups excluding carboxylic acids is 1. The molecule has 134 valence electrons. The van der Waals surface area contributed by atoms with Crippen LogP contribution in [0.1, 0.15) is 27.2 Å². The van der Waals surface area contributed by atoms with Crippen LogP contribution in [0.2, 0.25) is 0 Å². The minimum atomic E-state index is -1.19. The Bertz CT molecular complexity index is 723. The molecule has 1 amide bonds. The first-order valence-electron chi connectivity index (χ1n) is 7.88. The van der Waals surface area contributed by atoms with E-state index < -0.39 is 31.0 Å². The number of thiazole rings is 1. The number of hydrogen-bond donors (Lipinski definition) is 3. The van der Waals surface area contributed by atoms with Crippen molar-refractivity contribution in [1.29, 1.82) is 0 Å². The summed E-state index contributed by atoms with van der Waals surface area (Å²) in [5, 5.41) is 31.0. The van der Waals surface area contributed by atoms with Crippen molar-refractivity contribution < 1.29 is 24.9 Å². The Labute approximate surface area is 149 Å². The summed E-state index contributed by atoms with van der Waals surface area (Å²) in [5.74, 6) is -0.238. The first-order chi connectivity index (χ1) is 12.0. The van der Waals surface area contributed by atoms with Crippen molar-refractivity contribution in [2.75, 3.05) is 13.7 Å². The summed E-state index contributed by atoms with van der Waals surface area (Å²) in [4.78, 5) is 18.3. The minimum Gasteiger partial charge on any atom is -0.394 e. The molecule has 7 nitrogen and oxygen atoms in total. The van der Waals surface area contributed by atoms with Crippen LogP contribution >= 0.6 is 11.3 Å². The lowest BCUT2D eigenvalue weighted by molar-refractivity contribution is -0.0228. The summed E-state index contributed by atoms with van der Waals surface area (Å²) in [6.45, 7) is 0.0616. The van der Waals surface area contributed by atoms with E-state index >= 15 is 0 Å². The zero-order valence-electron chi connectivity index (χ0n) is 13.6. The summed E-state index contributed by atoms with van der Waals surface area (Å²) in [5.41, 5.74) is 1.27. The molecule has 2 heterocycles. The van der Waals surface area contributed by atoms with Crippen molar-refractivity contribution in [3.8, 4) is 0 Å². The van der Waals surface area contributed by atoms with Crippen LogP contribution in [0.3, 0.4) is 0 Å². The van der Waals surface area contributed by atoms with Crippen LogP contribution in [-0.2, 0) is 11.3 Å². The van der Waals surface area contributed by atoms with Crippen LogP contribution in [0.25, 0.3) is 0 Å². The molecule has 1 aromatic carbocycles. The van der Waals surface area contributed by atoms with Crippen LogP contribution in [0.4, 0.5) is 0 Å². The third-order valence-electron chi connectivity index (χ3n) is 4.14. The number of benzene rings is 1. The van der Waals surface area contributed by atoms with E-state index in [0.717, 1.165) is 5.56 Å². The van der Waals surface area contributed by atoms with Gasteiger partial charge in [0.05, 0.1) is 6.61 Å². The number of aliphatic hydroxyl groups is 3. The molecule has 1 aliphatic heterocycles. The fraction of sp³-hybridized carbons (Fsp3) is 0.412. The number of carbonyl (C=O) groups is 1. The third-order valence-corrected chi connectivity index (χ3v) is 5.04. The molecule has 25 heavy (non-hydrogen) atoms. The molecule has 0 unspecified atom stereocenters. The van der Waals surface area contributed by atoms with Gasteiger partial charge in [0.25, 0.3) is 5.91 Å². The van der Waals surface area contributed by atoms with E-state index in [1.807, 2.05) is 30.3 Å². The maximum Gasteiger partial charge on any atom is 0.273 e. The zero-order chi connectivity index (χ0) is 18.0. The van der Waals surface area contributed by atoms with Gasteiger partial charge in [0, 0.05) is 19.0 Å². The third kappa shape index (κ3) is 3.73. The number of aliphatic hydroxyl groups excluding tert-OH is 3. The minimum absolute atomic E-state index is 0.238. The Balaban J connectivity index is 1.69. The zero-order valence-corrected chi connectivity index (χ0v) is 14.5. The Kier molecular flexibility index (Phi) is 5.45. The van der Waals surface area contributed by atoms with E-state index in [2.05, 4.69) is 4.98 Å². The molecule has 1 aliphatic rings. The lowest BCUT2D eigenvalue weighted by Crippen LogP contribution is -2.32. The molecule has 4 atom stereocenters. The summed E-state index contributed by atoms with van der Waals surface area (Å²) in [6.07, 6.45) is -4.07. The van der Waals surface area contributed by atoms with Gasteiger partial charge in [-0.3, -0.25) is 4.79 Å². The Morgan fingerprint density at radius 1 is 1.28 bits per heavy atom. The van der Waals surface area contributed by atoms with Crippen molar-refractivity contribution >= 4 is 17.2 Å². The first kappa shape index (κ1) is 18.0. The molecular weight excluding hydrogens is 344 g/mol. The lowest BCUT2D eigenvalue weighted by Gasteiger charge is -2.16. The Hall–Kier alpha value is -1.84. The highest BCUT2D eigenvalue weighted by Gasteiger charge is 2.44. The molecule has 3 rings (SSSR count). The van der Waals surface area contributed by atoms with Gasteiger partial charge in [-0.05, 0) is 5.56 Å². The smallest absolute Gasteiger partial charge is 0.273 e. The second kappa shape index (κ2) is 7.59. The Morgan fingerprint density at radius 3 is 2.64 bits per heavy atom. The first-order valence-corrected chi connectivity index (χ1v) is 8.76. The number of rotatable bonds is 5. The topological polar surface area (TPSA) is 103 Å². The van der Waals surface area contributed by atoms with E-state index in [1.165, 1.54) is 11.3 Å². The maximum absolute atomic E-state index is 12.5. The fourth-order valence-corrected chi connectivity index (χ4v) is 3.61. The fourth-order valence-electron chi connectivity index (χ4n) is 2.74. The van der Waals surface area contributed by atoms with Gasteiger partial charge in [0.2, 0.25) is 0 Å². The summed E-state index contributed by atoms with van der Waals surface area (Å²) >= 11 is 1.18. The van der Waals surface area contributed by atoms with Crippen LogP contribution in [0, 0.1) is 0 Å². The predicted molar refractivity (Wildman–Crippen MR) is 91.1 cm³/mol. The number of ether oxygens (including phenoxy) is 1. The molecule has 2 aromatic rings. The molecule has 1 aromatic heterocycles. The van der Waals surface area contributed by atoms with Crippen LogP contribution in [0.15, 0.2) is 35.7 Å². The van der Waals surface area contributed by atoms with Crippen LogP contribution < -0.4 is 0 Å². The second-order valence-corrected chi connectivity index (χ2v) is 6.87. The second-order valence-electron chi connectivity index (χ2n) is 5.98. The van der Waals surface area contributed by atoms with Crippen molar-refractivity contribution in [1.82, 2.24) is 9.88 Å². The molecular formula is C17H20N2O5S. The highest BCUT2D eigenvalue weighted by molar-refractivity contribution is 7.09. The highest BCUT2D eigenvalue weighted by atomic mass is 32.1. The van der Waals surface area contributed by atoms with Gasteiger partial charge in [-0.15, -0.1) is 11.3 Å². The maximum atomic E-state index is 12.5. The van der Waals surface area contributed by atoms with E-state index in [0.29, 0.717) is 11.6 Å². The Morgan fingerprint density at radius 2 is 2.00 bits per heavy atom. The quantitative estimate of drug-likeness (QED) is 0.717. The van der Waals surface area contributed by atoms with Crippen molar-refractivity contribution in [2.24, 2.45) is 0 Å². The predicted octanol–water partition coefficient (Wildman–Crippen LogP) is 0.569. The summed E-state index contributed by atoms with van der Waals surface area (Å²) in [6, 6.07) is 9.62. The van der Waals surface area contributed by atoms with E-state index in [4.69, 9.17) is 9.84 Å². The van der Waals surface area contributed by atoms with E-state index in [9.17, 15) is 15.0 Å². The number of hydrogen-bond acceptors (Lipinski definition) is 7. The molecule has 1 saturated heterocycles. The van der Waals surface area contributed by atoms with Gasteiger partial charge in [0.15, 0.2) is 0 Å². The number of aromatic nitrogens is 1. The molecule has 3 N–H and O–H groups in total. The SMILES string of the molecule is CN(Cc1ccccc1)C(=O)c1csc([C@@H]2O[C@H](CO)[C@@H](O)[C@H]2O)n1. The highest BCUT2D eigenvalue weighted by Crippen LogP contribution is 2.35. The molecule has 1 fully saturated rings. The van der Waals surface area contributed by atoms with Gasteiger partial charge < -0.3 is 25.0 Å². The lowest BCUT2D eigenvalue weighted by atomic mass is 10.1. The van der Waals surface area contributed by atoms with Crippen molar-refractivity contribution in [3.63, 3.8) is 0 Å². The van der Waals surface area contributed by atoms with Gasteiger partial charge >= 0.3 is 0 Å². The molecule has 8 heteroatoms. The average Bonchev–Trinajstić information content (AvgIpc) is 3.21. The molecule has 0 aliphatic carbocycles. The van der Waals surface area contributed by atoms with Gasteiger partial charge in [-0.1, -0.05) is 30.3 Å². The van der Waals surface area contributed by atoms with Crippen LogP contribution in [-0.4, -0.2) is 63.1 Å². The van der Waals surface area contributed by atoms with E-state index in [-0.39, 0.29) is 11.6 Å². The van der Waals surface area contributed by atoms with Crippen molar-refractivity contribution in [3.05, 3.63) is 52.0 Å². The molecule has 0 radical (unpaired) electrons. The van der Waals surface area contributed by atoms with Crippen molar-refractivity contribution in [2.45, 2.75) is 31.0 Å². The largest absolute Gasteiger partial charge is 0.394 e. The van der Waals surface area contributed by atoms with Gasteiger partial charge in [-0.2, -0.15) is 0 Å². The average molecular weight is 364 g/mol. The summed E-state index contributed by atoms with van der Waals surface area (Å²) < 4.78 is 5.44. The number of nitrogens with zero attached hydrogens (tertiary/aromatic N) is 2. The number of amides is 1. The van der Waals surface area contributed by atoms with Gasteiger partial charge in [-0.25, -0.2) is 4.98 Å². The van der Waals surface area contributed by atoms with E-state index in [1.54, 1.807) is 17.3 Å². The molecule has 0 bridgehead atoms.